The molecule has 9 heteroatoms. The van der Waals surface area contributed by atoms with Crippen LogP contribution in [0.15, 0.2) is 4.99 Å². The first-order valence-electron chi connectivity index (χ1n) is 6.73. The fourth-order valence-electron chi connectivity index (χ4n) is 1.21. The molecule has 0 rings (SSSR count). The standard InChI is InChI=1S/C12H28N4O3S.HI/c1-6-20(17,18)16-9-7-8-14-11(13-4)15-10-12(2,3)19-5;/h16H,6-10H2,1-5H3,(H2,13,14,15);1H. The summed E-state index contributed by atoms with van der Waals surface area (Å²) in [5, 5.41) is 6.27. The largest absolute Gasteiger partial charge is 0.377 e. The van der Waals surface area contributed by atoms with Gasteiger partial charge >= 0.3 is 0 Å². The molecular weight excluding hydrogens is 407 g/mol. The molecule has 0 aromatic rings. The third-order valence-corrected chi connectivity index (χ3v) is 4.21. The van der Waals surface area contributed by atoms with Crippen molar-refractivity contribution in [2.24, 2.45) is 4.99 Å². The summed E-state index contributed by atoms with van der Waals surface area (Å²) in [6.45, 7) is 7.26. The molecule has 0 amide bonds. The molecule has 0 heterocycles. The van der Waals surface area contributed by atoms with Gasteiger partial charge in [-0.2, -0.15) is 0 Å². The number of rotatable bonds is 9. The van der Waals surface area contributed by atoms with E-state index in [0.29, 0.717) is 32.0 Å². The number of sulfonamides is 1. The molecule has 7 nitrogen and oxygen atoms in total. The zero-order valence-electron chi connectivity index (χ0n) is 13.5. The molecule has 0 aromatic heterocycles. The minimum Gasteiger partial charge on any atom is -0.377 e. The first-order valence-corrected chi connectivity index (χ1v) is 8.38. The Kier molecular flexibility index (Phi) is 12.6. The highest BCUT2D eigenvalue weighted by atomic mass is 127. The first-order chi connectivity index (χ1) is 9.26. The highest BCUT2D eigenvalue weighted by molar-refractivity contribution is 14.0. The smallest absolute Gasteiger partial charge is 0.211 e. The fourth-order valence-corrected chi connectivity index (χ4v) is 1.87. The Balaban J connectivity index is 0. The monoisotopic (exact) mass is 436 g/mol. The van der Waals surface area contributed by atoms with Crippen LogP contribution in [0, 0.1) is 0 Å². The van der Waals surface area contributed by atoms with E-state index in [1.807, 2.05) is 13.8 Å². The van der Waals surface area contributed by atoms with Crippen molar-refractivity contribution in [3.63, 3.8) is 0 Å². The Morgan fingerprint density at radius 3 is 2.33 bits per heavy atom. The maximum absolute atomic E-state index is 11.2. The molecule has 0 saturated carbocycles. The summed E-state index contributed by atoms with van der Waals surface area (Å²) in [7, 11) is 0.255. The predicted octanol–water partition coefficient (Wildman–Crippen LogP) is 0.524. The molecule has 0 aliphatic heterocycles. The molecule has 0 spiro atoms. The van der Waals surface area contributed by atoms with Crippen LogP contribution in [-0.4, -0.2) is 59.5 Å². The maximum atomic E-state index is 11.2. The van der Waals surface area contributed by atoms with Crippen LogP contribution in [0.3, 0.4) is 0 Å². The number of hydrogen-bond acceptors (Lipinski definition) is 4. The minimum atomic E-state index is -3.10. The van der Waals surface area contributed by atoms with Crippen LogP contribution in [0.4, 0.5) is 0 Å². The SMILES string of the molecule is CCS(=O)(=O)NCCCNC(=NC)NCC(C)(C)OC.I. The summed E-state index contributed by atoms with van der Waals surface area (Å²) in [6, 6.07) is 0. The molecule has 0 unspecified atom stereocenters. The van der Waals surface area contributed by atoms with Crippen LogP contribution in [0.1, 0.15) is 27.2 Å². The summed E-state index contributed by atoms with van der Waals surface area (Å²) in [6.07, 6.45) is 0.688. The van der Waals surface area contributed by atoms with Gasteiger partial charge in [-0.1, -0.05) is 0 Å². The van der Waals surface area contributed by atoms with Gasteiger partial charge in [0.25, 0.3) is 0 Å². The normalized spacial score (nSPS) is 12.7. The quantitative estimate of drug-likeness (QED) is 0.212. The topological polar surface area (TPSA) is 91.8 Å². The predicted molar refractivity (Wildman–Crippen MR) is 97.9 cm³/mol. The van der Waals surface area contributed by atoms with E-state index in [9.17, 15) is 8.42 Å². The highest BCUT2D eigenvalue weighted by Gasteiger charge is 2.16. The van der Waals surface area contributed by atoms with Crippen LogP contribution in [0.2, 0.25) is 0 Å². The van der Waals surface area contributed by atoms with Crippen molar-refractivity contribution in [3.8, 4) is 0 Å². The van der Waals surface area contributed by atoms with E-state index in [1.165, 1.54) is 0 Å². The maximum Gasteiger partial charge on any atom is 0.211 e. The Bertz CT molecular complexity index is 399. The molecule has 128 valence electrons. The lowest BCUT2D eigenvalue weighted by Gasteiger charge is -2.24. The van der Waals surface area contributed by atoms with Gasteiger partial charge in [0, 0.05) is 33.8 Å². The van der Waals surface area contributed by atoms with Gasteiger partial charge in [-0.3, -0.25) is 4.99 Å². The summed E-state index contributed by atoms with van der Waals surface area (Å²) in [5.41, 5.74) is -0.269. The molecular formula is C12H29IN4O3S. The minimum absolute atomic E-state index is 0. The molecule has 0 fully saturated rings. The van der Waals surface area contributed by atoms with Crippen molar-refractivity contribution < 1.29 is 13.2 Å². The van der Waals surface area contributed by atoms with Gasteiger partial charge in [0.1, 0.15) is 0 Å². The molecule has 0 aliphatic carbocycles. The van der Waals surface area contributed by atoms with E-state index in [4.69, 9.17) is 4.74 Å². The van der Waals surface area contributed by atoms with Crippen molar-refractivity contribution in [1.29, 1.82) is 0 Å². The Morgan fingerprint density at radius 1 is 1.24 bits per heavy atom. The molecule has 21 heavy (non-hydrogen) atoms. The number of guanidine groups is 1. The van der Waals surface area contributed by atoms with Gasteiger partial charge < -0.3 is 15.4 Å². The number of nitrogens with one attached hydrogen (secondary N) is 3. The zero-order valence-corrected chi connectivity index (χ0v) is 16.7. The van der Waals surface area contributed by atoms with Gasteiger partial charge in [0.2, 0.25) is 10.0 Å². The van der Waals surface area contributed by atoms with Crippen molar-refractivity contribution in [2.45, 2.75) is 32.8 Å². The highest BCUT2D eigenvalue weighted by Crippen LogP contribution is 2.04. The molecule has 0 saturated heterocycles. The second-order valence-corrected chi connectivity index (χ2v) is 7.06. The van der Waals surface area contributed by atoms with E-state index >= 15 is 0 Å². The average molecular weight is 436 g/mol. The van der Waals surface area contributed by atoms with Gasteiger partial charge in [0.05, 0.1) is 11.4 Å². The van der Waals surface area contributed by atoms with E-state index in [2.05, 4.69) is 20.3 Å². The number of hydrogen-bond donors (Lipinski definition) is 3. The lowest BCUT2D eigenvalue weighted by molar-refractivity contribution is 0.0268. The van der Waals surface area contributed by atoms with Crippen LogP contribution < -0.4 is 15.4 Å². The second-order valence-electron chi connectivity index (χ2n) is 4.97. The molecule has 0 bridgehead atoms. The van der Waals surface area contributed by atoms with E-state index in [1.54, 1.807) is 21.1 Å². The van der Waals surface area contributed by atoms with Crippen molar-refractivity contribution in [1.82, 2.24) is 15.4 Å². The van der Waals surface area contributed by atoms with Crippen molar-refractivity contribution in [2.75, 3.05) is 39.5 Å². The van der Waals surface area contributed by atoms with Gasteiger partial charge in [-0.05, 0) is 27.2 Å². The summed E-state index contributed by atoms with van der Waals surface area (Å²) in [4.78, 5) is 4.09. The third kappa shape index (κ3) is 12.1. The number of ether oxygens (including phenoxy) is 1. The van der Waals surface area contributed by atoms with E-state index in [0.717, 1.165) is 0 Å². The van der Waals surface area contributed by atoms with Crippen molar-refractivity contribution >= 4 is 40.0 Å². The van der Waals surface area contributed by atoms with E-state index < -0.39 is 10.0 Å². The van der Waals surface area contributed by atoms with Crippen LogP contribution in [0.5, 0.6) is 0 Å². The molecule has 0 radical (unpaired) electrons. The Hall–Kier alpha value is -0.130. The summed E-state index contributed by atoms with van der Waals surface area (Å²) >= 11 is 0. The molecule has 0 aliphatic rings. The Labute approximate surface area is 145 Å². The molecule has 3 N–H and O–H groups in total. The first kappa shape index (κ1) is 23.1. The summed E-state index contributed by atoms with van der Waals surface area (Å²) < 4.78 is 30.3. The van der Waals surface area contributed by atoms with Gasteiger partial charge in [-0.25, -0.2) is 13.1 Å². The number of aliphatic imine (C=N–C) groups is 1. The average Bonchev–Trinajstić information content (AvgIpc) is 2.41. The van der Waals surface area contributed by atoms with Crippen molar-refractivity contribution in [3.05, 3.63) is 0 Å². The number of nitrogens with zero attached hydrogens (tertiary/aromatic N) is 1. The Morgan fingerprint density at radius 2 is 1.86 bits per heavy atom. The van der Waals surface area contributed by atoms with Gasteiger partial charge in [0.15, 0.2) is 5.96 Å². The zero-order chi connectivity index (χ0) is 15.6. The molecule has 0 aromatic carbocycles. The second kappa shape index (κ2) is 11.4. The molecule has 0 atom stereocenters. The lowest BCUT2D eigenvalue weighted by Crippen LogP contribution is -2.45. The lowest BCUT2D eigenvalue weighted by atomic mass is 10.1. The van der Waals surface area contributed by atoms with E-state index in [-0.39, 0.29) is 35.3 Å². The number of halogens is 1. The van der Waals surface area contributed by atoms with Gasteiger partial charge in [-0.15, -0.1) is 24.0 Å². The summed E-state index contributed by atoms with van der Waals surface area (Å²) in [5.74, 6) is 0.781. The fraction of sp³-hybridized carbons (Fsp3) is 0.917. The van der Waals surface area contributed by atoms with Crippen LogP contribution >= 0.6 is 24.0 Å². The third-order valence-electron chi connectivity index (χ3n) is 2.81. The van der Waals surface area contributed by atoms with Crippen LogP contribution in [0.25, 0.3) is 0 Å². The number of methoxy groups -OCH3 is 1. The van der Waals surface area contributed by atoms with Crippen LogP contribution in [-0.2, 0) is 14.8 Å².